The Morgan fingerprint density at radius 2 is 1.75 bits per heavy atom. The lowest BCUT2D eigenvalue weighted by Gasteiger charge is -2.32. The van der Waals surface area contributed by atoms with Crippen LogP contribution in [0.25, 0.3) is 5.57 Å². The summed E-state index contributed by atoms with van der Waals surface area (Å²) in [6.07, 6.45) is 3.33. The molecule has 2 heteroatoms. The maximum absolute atomic E-state index is 9.44. The number of phenols is 1. The monoisotopic (exact) mass is 328 g/mol. The largest absolute Gasteiger partial charge is 0.508 e. The van der Waals surface area contributed by atoms with Crippen LogP contribution in [0.15, 0.2) is 53.0 Å². The Balaban J connectivity index is 2.16. The number of rotatable bonds is 1. The van der Waals surface area contributed by atoms with Crippen LogP contribution in [0.3, 0.4) is 0 Å². The first kappa shape index (κ1) is 13.4. The summed E-state index contributed by atoms with van der Waals surface area (Å²) in [6.45, 7) is 4.56. The van der Waals surface area contributed by atoms with Gasteiger partial charge in [0.25, 0.3) is 0 Å². The van der Waals surface area contributed by atoms with Gasteiger partial charge >= 0.3 is 0 Å². The van der Waals surface area contributed by atoms with E-state index in [9.17, 15) is 5.11 Å². The van der Waals surface area contributed by atoms with Gasteiger partial charge in [-0.1, -0.05) is 54.1 Å². The highest BCUT2D eigenvalue weighted by Crippen LogP contribution is 2.42. The zero-order chi connectivity index (χ0) is 14.3. The molecule has 0 radical (unpaired) electrons. The second-order valence-electron chi connectivity index (χ2n) is 5.94. The fraction of sp³-hybridized carbons (Fsp3) is 0.222. The summed E-state index contributed by atoms with van der Waals surface area (Å²) in [4.78, 5) is 0. The van der Waals surface area contributed by atoms with E-state index in [4.69, 9.17) is 0 Å². The van der Waals surface area contributed by atoms with E-state index in [1.165, 1.54) is 16.7 Å². The molecule has 0 unspecified atom stereocenters. The zero-order valence-corrected chi connectivity index (χ0v) is 13.2. The second kappa shape index (κ2) is 4.78. The van der Waals surface area contributed by atoms with Crippen LogP contribution in [0.4, 0.5) is 0 Å². The lowest BCUT2D eigenvalue weighted by molar-refractivity contribution is 0.475. The topological polar surface area (TPSA) is 20.2 Å². The van der Waals surface area contributed by atoms with Crippen molar-refractivity contribution in [1.29, 1.82) is 0 Å². The Labute approximate surface area is 128 Å². The number of allylic oxidation sites excluding steroid dienone is 1. The highest BCUT2D eigenvalue weighted by Gasteiger charge is 2.28. The first-order valence-electron chi connectivity index (χ1n) is 6.77. The molecule has 0 aromatic heterocycles. The summed E-state index contributed by atoms with van der Waals surface area (Å²) < 4.78 is 1.12. The molecule has 0 atom stereocenters. The normalized spacial score (nSPS) is 16.4. The summed E-state index contributed by atoms with van der Waals surface area (Å²) in [5.41, 5.74) is 5.22. The van der Waals surface area contributed by atoms with Gasteiger partial charge in [0.2, 0.25) is 0 Å². The van der Waals surface area contributed by atoms with Crippen molar-refractivity contribution in [2.24, 2.45) is 0 Å². The first-order chi connectivity index (χ1) is 9.47. The van der Waals surface area contributed by atoms with E-state index in [2.05, 4.69) is 54.1 Å². The Hall–Kier alpha value is -1.54. The fourth-order valence-electron chi connectivity index (χ4n) is 2.80. The van der Waals surface area contributed by atoms with Crippen LogP contribution in [0.2, 0.25) is 0 Å². The molecule has 0 spiro atoms. The average Bonchev–Trinajstić information content (AvgIpc) is 2.41. The number of benzene rings is 2. The van der Waals surface area contributed by atoms with Gasteiger partial charge in [0.05, 0.1) is 0 Å². The zero-order valence-electron chi connectivity index (χ0n) is 11.7. The molecule has 2 aromatic rings. The molecule has 0 bridgehead atoms. The molecule has 0 amide bonds. The van der Waals surface area contributed by atoms with E-state index in [1.54, 1.807) is 12.1 Å². The lowest BCUT2D eigenvalue weighted by atomic mass is 9.72. The van der Waals surface area contributed by atoms with Crippen LogP contribution in [0.1, 0.15) is 37.0 Å². The molecule has 0 fully saturated rings. The predicted octanol–water partition coefficient (Wildman–Crippen LogP) is 5.27. The molecule has 2 aromatic carbocycles. The van der Waals surface area contributed by atoms with E-state index in [1.807, 2.05) is 12.1 Å². The number of aromatic hydroxyl groups is 1. The number of phenolic OH excluding ortho intramolecular Hbond substituents is 1. The molecule has 1 aliphatic carbocycles. The fourth-order valence-corrected chi connectivity index (χ4v) is 3.16. The van der Waals surface area contributed by atoms with E-state index in [0.717, 1.165) is 16.5 Å². The summed E-state index contributed by atoms with van der Waals surface area (Å²) in [5, 5.41) is 9.44. The maximum atomic E-state index is 9.44. The number of hydrogen-bond donors (Lipinski definition) is 1. The van der Waals surface area contributed by atoms with Crippen LogP contribution in [0.5, 0.6) is 5.75 Å². The van der Waals surface area contributed by atoms with E-state index < -0.39 is 0 Å². The van der Waals surface area contributed by atoms with E-state index in [0.29, 0.717) is 5.75 Å². The van der Waals surface area contributed by atoms with Crippen LogP contribution in [0, 0.1) is 0 Å². The quantitative estimate of drug-likeness (QED) is 0.756. The molecule has 0 saturated carbocycles. The predicted molar refractivity (Wildman–Crippen MR) is 87.0 cm³/mol. The van der Waals surface area contributed by atoms with Crippen LogP contribution >= 0.6 is 15.9 Å². The van der Waals surface area contributed by atoms with Crippen LogP contribution < -0.4 is 0 Å². The van der Waals surface area contributed by atoms with Gasteiger partial charge in [-0.15, -0.1) is 0 Å². The Kier molecular flexibility index (Phi) is 3.21. The van der Waals surface area contributed by atoms with Crippen molar-refractivity contribution >= 4 is 21.5 Å². The molecular weight excluding hydrogens is 312 g/mol. The van der Waals surface area contributed by atoms with Gasteiger partial charge in [-0.3, -0.25) is 0 Å². The highest BCUT2D eigenvalue weighted by molar-refractivity contribution is 9.10. The molecule has 3 rings (SSSR count). The van der Waals surface area contributed by atoms with Gasteiger partial charge in [-0.25, -0.2) is 0 Å². The molecule has 20 heavy (non-hydrogen) atoms. The second-order valence-corrected chi connectivity index (χ2v) is 6.86. The number of halogens is 1. The van der Waals surface area contributed by atoms with Crippen LogP contribution in [-0.4, -0.2) is 5.11 Å². The highest BCUT2D eigenvalue weighted by atomic mass is 79.9. The summed E-state index contributed by atoms with van der Waals surface area (Å²) in [5.74, 6) is 0.307. The van der Waals surface area contributed by atoms with Gasteiger partial charge < -0.3 is 5.11 Å². The van der Waals surface area contributed by atoms with Crippen molar-refractivity contribution in [3.8, 4) is 5.75 Å². The van der Waals surface area contributed by atoms with Crippen LogP contribution in [-0.2, 0) is 5.41 Å². The Morgan fingerprint density at radius 1 is 1.05 bits per heavy atom. The van der Waals surface area contributed by atoms with Crippen molar-refractivity contribution in [3.05, 3.63) is 69.7 Å². The molecule has 0 saturated heterocycles. The molecule has 1 aliphatic rings. The van der Waals surface area contributed by atoms with Crippen molar-refractivity contribution < 1.29 is 5.11 Å². The molecule has 0 heterocycles. The van der Waals surface area contributed by atoms with Gasteiger partial charge in [-0.2, -0.15) is 0 Å². The third-order valence-corrected chi connectivity index (χ3v) is 4.49. The van der Waals surface area contributed by atoms with Gasteiger partial charge in [0.1, 0.15) is 5.75 Å². The summed E-state index contributed by atoms with van der Waals surface area (Å²) in [6, 6.07) is 13.9. The molecule has 0 aliphatic heterocycles. The minimum atomic E-state index is 0.152. The number of hydrogen-bond acceptors (Lipinski definition) is 1. The first-order valence-corrected chi connectivity index (χ1v) is 7.57. The molecule has 102 valence electrons. The van der Waals surface area contributed by atoms with E-state index >= 15 is 0 Å². The molecule has 1 N–H and O–H groups in total. The summed E-state index contributed by atoms with van der Waals surface area (Å²) >= 11 is 3.58. The van der Waals surface area contributed by atoms with Gasteiger partial charge in [0.15, 0.2) is 0 Å². The maximum Gasteiger partial charge on any atom is 0.115 e. The van der Waals surface area contributed by atoms with Crippen molar-refractivity contribution in [3.63, 3.8) is 0 Å². The minimum absolute atomic E-state index is 0.152. The smallest absolute Gasteiger partial charge is 0.115 e. The Morgan fingerprint density at radius 3 is 2.45 bits per heavy atom. The average molecular weight is 329 g/mol. The summed E-state index contributed by atoms with van der Waals surface area (Å²) in [7, 11) is 0. The van der Waals surface area contributed by atoms with Gasteiger partial charge in [-0.05, 0) is 58.4 Å². The third-order valence-electron chi connectivity index (χ3n) is 4.00. The SMILES string of the molecule is CC1(C)CC=C(c2ccc(O)cc2)c2ccc(Br)cc21. The van der Waals surface area contributed by atoms with E-state index in [-0.39, 0.29) is 5.41 Å². The Bertz CT molecular complexity index is 681. The minimum Gasteiger partial charge on any atom is -0.508 e. The molecule has 1 nitrogen and oxygen atoms in total. The third kappa shape index (κ3) is 2.29. The lowest BCUT2D eigenvalue weighted by Crippen LogP contribution is -2.21. The standard InChI is InChI=1S/C18H17BrO/c1-18(2)10-9-15(12-3-6-14(20)7-4-12)16-8-5-13(19)11-17(16)18/h3-9,11,20H,10H2,1-2H3. The molecular formula is C18H17BrO. The van der Waals surface area contributed by atoms with Crippen molar-refractivity contribution in [1.82, 2.24) is 0 Å². The van der Waals surface area contributed by atoms with Crippen molar-refractivity contribution in [2.45, 2.75) is 25.7 Å². The van der Waals surface area contributed by atoms with Gasteiger partial charge in [0, 0.05) is 4.47 Å². The number of fused-ring (bicyclic) bond motifs is 1. The van der Waals surface area contributed by atoms with Crippen molar-refractivity contribution in [2.75, 3.05) is 0 Å².